The van der Waals surface area contributed by atoms with E-state index in [2.05, 4.69) is 45.4 Å². The molecule has 0 aromatic heterocycles. The lowest BCUT2D eigenvalue weighted by atomic mass is 9.96. The highest BCUT2D eigenvalue weighted by Crippen LogP contribution is 2.30. The molecule has 24 heavy (non-hydrogen) atoms. The van der Waals surface area contributed by atoms with Gasteiger partial charge < -0.3 is 5.32 Å². The summed E-state index contributed by atoms with van der Waals surface area (Å²) in [5.41, 5.74) is 1.34. The zero-order valence-corrected chi connectivity index (χ0v) is 14.5. The fourth-order valence-corrected chi connectivity index (χ4v) is 4.25. The van der Waals surface area contributed by atoms with Crippen molar-refractivity contribution in [2.24, 2.45) is 5.92 Å². The minimum atomic E-state index is 0.164. The summed E-state index contributed by atoms with van der Waals surface area (Å²) in [6.07, 6.45) is 6.01. The van der Waals surface area contributed by atoms with Gasteiger partial charge >= 0.3 is 0 Å². The first-order valence-corrected chi connectivity index (χ1v) is 9.58. The van der Waals surface area contributed by atoms with Gasteiger partial charge in [0.1, 0.15) is 0 Å². The van der Waals surface area contributed by atoms with E-state index in [4.69, 9.17) is 0 Å². The third kappa shape index (κ3) is 3.98. The number of nitrogens with zero attached hydrogens (tertiary/aromatic N) is 2. The Balaban J connectivity index is 1.26. The van der Waals surface area contributed by atoms with Crippen molar-refractivity contribution < 1.29 is 4.79 Å². The molecule has 1 aromatic rings. The Labute approximate surface area is 145 Å². The fourth-order valence-electron chi connectivity index (χ4n) is 4.25. The van der Waals surface area contributed by atoms with Gasteiger partial charge in [0.25, 0.3) is 0 Å². The molecule has 4 heteroatoms. The van der Waals surface area contributed by atoms with Gasteiger partial charge in [0.2, 0.25) is 5.91 Å². The summed E-state index contributed by atoms with van der Waals surface area (Å²) < 4.78 is 0. The summed E-state index contributed by atoms with van der Waals surface area (Å²) >= 11 is 0. The van der Waals surface area contributed by atoms with Gasteiger partial charge in [-0.3, -0.25) is 14.6 Å². The summed E-state index contributed by atoms with van der Waals surface area (Å²) in [7, 11) is 0. The Morgan fingerprint density at radius 2 is 1.88 bits per heavy atom. The van der Waals surface area contributed by atoms with Crippen LogP contribution in [0.25, 0.3) is 0 Å². The van der Waals surface area contributed by atoms with E-state index in [0.29, 0.717) is 6.04 Å². The normalized spacial score (nSPS) is 28.8. The maximum absolute atomic E-state index is 12.7. The Kier molecular flexibility index (Phi) is 4.86. The van der Waals surface area contributed by atoms with Gasteiger partial charge in [-0.15, -0.1) is 0 Å². The van der Waals surface area contributed by atoms with E-state index in [1.165, 1.54) is 24.9 Å². The van der Waals surface area contributed by atoms with Gasteiger partial charge in [-0.2, -0.15) is 0 Å². The maximum Gasteiger partial charge on any atom is 0.224 e. The predicted molar refractivity (Wildman–Crippen MR) is 95.6 cm³/mol. The molecule has 0 unspecified atom stereocenters. The number of amides is 1. The van der Waals surface area contributed by atoms with Crippen LogP contribution in [0.1, 0.15) is 37.7 Å². The van der Waals surface area contributed by atoms with Crippen LogP contribution in [-0.4, -0.2) is 54.0 Å². The van der Waals surface area contributed by atoms with Crippen LogP contribution >= 0.6 is 0 Å². The maximum atomic E-state index is 12.7. The number of hydrogen-bond acceptors (Lipinski definition) is 3. The van der Waals surface area contributed by atoms with Crippen molar-refractivity contribution in [2.45, 2.75) is 50.7 Å². The van der Waals surface area contributed by atoms with Crippen LogP contribution in [0, 0.1) is 5.92 Å². The molecule has 3 fully saturated rings. The second-order valence-corrected chi connectivity index (χ2v) is 7.78. The smallest absolute Gasteiger partial charge is 0.224 e. The molecule has 2 saturated heterocycles. The lowest BCUT2D eigenvalue weighted by Gasteiger charge is -2.32. The summed E-state index contributed by atoms with van der Waals surface area (Å²) in [5.74, 6) is 0.452. The predicted octanol–water partition coefficient (Wildman–Crippen LogP) is 2.25. The van der Waals surface area contributed by atoms with Crippen molar-refractivity contribution in [2.75, 3.05) is 26.2 Å². The first-order valence-electron chi connectivity index (χ1n) is 9.58. The van der Waals surface area contributed by atoms with Gasteiger partial charge in [-0.25, -0.2) is 0 Å². The molecular formula is C20H29N3O. The standard InChI is InChI=1S/C20H29N3O/c24-20(21-18-10-12-23(15-18)19-8-9-19)17-7-4-11-22(14-17)13-16-5-2-1-3-6-16/h1-3,5-6,17-19H,4,7-15H2,(H,21,24)/t17-,18+/m0/s1. The quantitative estimate of drug-likeness (QED) is 0.901. The molecular weight excluding hydrogens is 298 g/mol. The average molecular weight is 327 g/mol. The van der Waals surface area contributed by atoms with E-state index < -0.39 is 0 Å². The number of hydrogen-bond donors (Lipinski definition) is 1. The molecule has 130 valence electrons. The summed E-state index contributed by atoms with van der Waals surface area (Å²) in [5, 5.41) is 3.34. The first kappa shape index (κ1) is 16.1. The molecule has 0 spiro atoms. The SMILES string of the molecule is O=C(N[C@@H]1CCN(C2CC2)C1)[C@H]1CCCN(Cc2ccccc2)C1. The number of piperidine rings is 1. The number of rotatable bonds is 5. The molecule has 1 saturated carbocycles. The third-order valence-corrected chi connectivity index (χ3v) is 5.75. The highest BCUT2D eigenvalue weighted by Gasteiger charge is 2.35. The van der Waals surface area contributed by atoms with Gasteiger partial charge in [0.05, 0.1) is 5.92 Å². The summed E-state index contributed by atoms with van der Waals surface area (Å²) in [4.78, 5) is 17.7. The fraction of sp³-hybridized carbons (Fsp3) is 0.650. The van der Waals surface area contributed by atoms with Crippen LogP contribution in [0.15, 0.2) is 30.3 Å². The highest BCUT2D eigenvalue weighted by atomic mass is 16.2. The van der Waals surface area contributed by atoms with Crippen molar-refractivity contribution >= 4 is 5.91 Å². The van der Waals surface area contributed by atoms with Crippen LogP contribution in [-0.2, 0) is 11.3 Å². The van der Waals surface area contributed by atoms with Crippen LogP contribution in [0.2, 0.25) is 0 Å². The number of carbonyl (C=O) groups excluding carboxylic acids is 1. The summed E-state index contributed by atoms with van der Waals surface area (Å²) in [6, 6.07) is 11.8. The van der Waals surface area contributed by atoms with Gasteiger partial charge in [0, 0.05) is 38.3 Å². The highest BCUT2D eigenvalue weighted by molar-refractivity contribution is 5.79. The van der Waals surface area contributed by atoms with E-state index in [9.17, 15) is 4.79 Å². The Hall–Kier alpha value is -1.39. The Morgan fingerprint density at radius 3 is 2.67 bits per heavy atom. The Morgan fingerprint density at radius 1 is 1.04 bits per heavy atom. The lowest BCUT2D eigenvalue weighted by molar-refractivity contribution is -0.127. The molecule has 0 radical (unpaired) electrons. The molecule has 2 heterocycles. The minimum Gasteiger partial charge on any atom is -0.352 e. The summed E-state index contributed by atoms with van der Waals surface area (Å²) in [6.45, 7) is 5.21. The molecule has 1 N–H and O–H groups in total. The first-order chi connectivity index (χ1) is 11.8. The molecule has 2 aliphatic heterocycles. The molecule has 3 aliphatic rings. The topological polar surface area (TPSA) is 35.6 Å². The average Bonchev–Trinajstić information content (AvgIpc) is 3.36. The second-order valence-electron chi connectivity index (χ2n) is 7.78. The van der Waals surface area contributed by atoms with Crippen molar-refractivity contribution in [3.8, 4) is 0 Å². The number of carbonyl (C=O) groups is 1. The molecule has 0 bridgehead atoms. The molecule has 1 aliphatic carbocycles. The van der Waals surface area contributed by atoms with Crippen molar-refractivity contribution in [3.63, 3.8) is 0 Å². The van der Waals surface area contributed by atoms with Crippen LogP contribution in [0.3, 0.4) is 0 Å². The van der Waals surface area contributed by atoms with E-state index in [1.54, 1.807) is 0 Å². The minimum absolute atomic E-state index is 0.164. The number of benzene rings is 1. The van der Waals surface area contributed by atoms with Gasteiger partial charge in [-0.05, 0) is 44.2 Å². The van der Waals surface area contributed by atoms with Crippen molar-refractivity contribution in [1.29, 1.82) is 0 Å². The van der Waals surface area contributed by atoms with Crippen LogP contribution < -0.4 is 5.32 Å². The van der Waals surface area contributed by atoms with E-state index in [-0.39, 0.29) is 11.8 Å². The third-order valence-electron chi connectivity index (χ3n) is 5.75. The zero-order chi connectivity index (χ0) is 16.4. The molecule has 4 rings (SSSR count). The van der Waals surface area contributed by atoms with Crippen LogP contribution in [0.5, 0.6) is 0 Å². The van der Waals surface area contributed by atoms with E-state index >= 15 is 0 Å². The number of nitrogens with one attached hydrogen (secondary N) is 1. The molecule has 1 amide bonds. The zero-order valence-electron chi connectivity index (χ0n) is 14.5. The molecule has 4 nitrogen and oxygen atoms in total. The van der Waals surface area contributed by atoms with Gasteiger partial charge in [-0.1, -0.05) is 30.3 Å². The van der Waals surface area contributed by atoms with Gasteiger partial charge in [0.15, 0.2) is 0 Å². The largest absolute Gasteiger partial charge is 0.352 e. The van der Waals surface area contributed by atoms with E-state index in [1.807, 2.05) is 0 Å². The van der Waals surface area contributed by atoms with Crippen LogP contribution in [0.4, 0.5) is 0 Å². The van der Waals surface area contributed by atoms with Crippen molar-refractivity contribution in [1.82, 2.24) is 15.1 Å². The lowest BCUT2D eigenvalue weighted by Crippen LogP contribution is -2.46. The monoisotopic (exact) mass is 327 g/mol. The number of likely N-dealkylation sites (tertiary alicyclic amines) is 2. The second kappa shape index (κ2) is 7.24. The Bertz CT molecular complexity index is 557. The molecule has 1 aromatic carbocycles. The van der Waals surface area contributed by atoms with E-state index in [0.717, 1.165) is 51.5 Å². The molecule has 2 atom stereocenters. The van der Waals surface area contributed by atoms with Crippen molar-refractivity contribution in [3.05, 3.63) is 35.9 Å².